The molecule has 0 unspecified atom stereocenters. The molecule has 132 valence electrons. The van der Waals surface area contributed by atoms with Crippen molar-refractivity contribution in [1.82, 2.24) is 5.32 Å². The van der Waals surface area contributed by atoms with Crippen molar-refractivity contribution in [3.8, 4) is 0 Å². The molecule has 1 fully saturated rings. The molecule has 3 rings (SSSR count). The molecule has 2 aromatic rings. The van der Waals surface area contributed by atoms with E-state index in [4.69, 9.17) is 4.74 Å². The number of carbonyl (C=O) groups is 1. The molecule has 1 aliphatic rings. The Morgan fingerprint density at radius 2 is 1.72 bits per heavy atom. The summed E-state index contributed by atoms with van der Waals surface area (Å²) in [5.74, 6) is 0. The Hall–Kier alpha value is -2.69. The van der Waals surface area contributed by atoms with E-state index in [2.05, 4.69) is 39.8 Å². The molecule has 0 radical (unpaired) electrons. The molecule has 0 spiro atoms. The monoisotopic (exact) mass is 339 g/mol. The van der Waals surface area contributed by atoms with Gasteiger partial charge in [0.15, 0.2) is 0 Å². The molecule has 25 heavy (non-hydrogen) atoms. The highest BCUT2D eigenvalue weighted by molar-refractivity contribution is 5.68. The van der Waals surface area contributed by atoms with Crippen LogP contribution in [0.2, 0.25) is 0 Å². The maximum atomic E-state index is 11.8. The van der Waals surface area contributed by atoms with Crippen molar-refractivity contribution in [2.24, 2.45) is 0 Å². The summed E-state index contributed by atoms with van der Waals surface area (Å²) in [5, 5.41) is 6.41. The second-order valence-electron chi connectivity index (χ2n) is 6.66. The quantitative estimate of drug-likeness (QED) is 0.844. The smallest absolute Gasteiger partial charge is 0.407 e. The van der Waals surface area contributed by atoms with Gasteiger partial charge in [-0.25, -0.2) is 4.79 Å². The Kier molecular flexibility index (Phi) is 5.43. The SMILES string of the molecule is CN(C)c1ccc(NC2CC(NC(=O)OCc3ccccc3)C2)cc1. The maximum absolute atomic E-state index is 11.8. The molecule has 0 heterocycles. The van der Waals surface area contributed by atoms with Crippen molar-refractivity contribution in [1.29, 1.82) is 0 Å². The van der Waals surface area contributed by atoms with Gasteiger partial charge in [0.2, 0.25) is 0 Å². The zero-order valence-corrected chi connectivity index (χ0v) is 14.7. The first kappa shape index (κ1) is 17.1. The summed E-state index contributed by atoms with van der Waals surface area (Å²) in [7, 11) is 4.06. The lowest BCUT2D eigenvalue weighted by atomic mass is 9.86. The number of rotatable bonds is 6. The molecule has 0 aliphatic heterocycles. The minimum Gasteiger partial charge on any atom is -0.445 e. The van der Waals surface area contributed by atoms with Crippen molar-refractivity contribution in [3.05, 3.63) is 60.2 Å². The van der Waals surface area contributed by atoms with Crippen LogP contribution in [0.3, 0.4) is 0 Å². The van der Waals surface area contributed by atoms with Gasteiger partial charge in [0.25, 0.3) is 0 Å². The van der Waals surface area contributed by atoms with E-state index in [1.54, 1.807) is 0 Å². The zero-order valence-electron chi connectivity index (χ0n) is 14.7. The minimum absolute atomic E-state index is 0.182. The van der Waals surface area contributed by atoms with Gasteiger partial charge in [-0.05, 0) is 42.7 Å². The summed E-state index contributed by atoms with van der Waals surface area (Å²) in [6.45, 7) is 0.305. The van der Waals surface area contributed by atoms with E-state index in [0.717, 1.165) is 24.1 Å². The molecular weight excluding hydrogens is 314 g/mol. The van der Waals surface area contributed by atoms with Crippen LogP contribution in [0.1, 0.15) is 18.4 Å². The standard InChI is InChI=1S/C20H25N3O2/c1-23(2)19-10-8-16(9-11-19)21-17-12-18(13-17)22-20(24)25-14-15-6-4-3-5-7-15/h3-11,17-18,21H,12-14H2,1-2H3,(H,22,24). The van der Waals surface area contributed by atoms with Crippen LogP contribution >= 0.6 is 0 Å². The van der Waals surface area contributed by atoms with Crippen molar-refractivity contribution >= 4 is 17.5 Å². The van der Waals surface area contributed by atoms with Gasteiger partial charge in [-0.15, -0.1) is 0 Å². The zero-order chi connectivity index (χ0) is 17.6. The molecule has 0 bridgehead atoms. The van der Waals surface area contributed by atoms with E-state index in [9.17, 15) is 4.79 Å². The highest BCUT2D eigenvalue weighted by atomic mass is 16.5. The van der Waals surface area contributed by atoms with Gasteiger partial charge in [0.1, 0.15) is 6.61 Å². The molecule has 0 saturated heterocycles. The molecule has 1 amide bonds. The highest BCUT2D eigenvalue weighted by Gasteiger charge is 2.30. The van der Waals surface area contributed by atoms with Crippen LogP contribution < -0.4 is 15.5 Å². The topological polar surface area (TPSA) is 53.6 Å². The number of nitrogens with zero attached hydrogens (tertiary/aromatic N) is 1. The van der Waals surface area contributed by atoms with Crippen molar-refractivity contribution in [2.45, 2.75) is 31.5 Å². The second-order valence-corrected chi connectivity index (χ2v) is 6.66. The number of hydrogen-bond donors (Lipinski definition) is 2. The Bertz CT molecular complexity index is 680. The second kappa shape index (κ2) is 7.92. The number of carbonyl (C=O) groups excluding carboxylic acids is 1. The summed E-state index contributed by atoms with van der Waals surface area (Å²) < 4.78 is 5.25. The van der Waals surface area contributed by atoms with Gasteiger partial charge in [-0.3, -0.25) is 0 Å². The summed E-state index contributed by atoms with van der Waals surface area (Å²) in [4.78, 5) is 13.9. The Labute approximate surface area is 149 Å². The molecule has 5 heteroatoms. The number of benzene rings is 2. The number of hydrogen-bond acceptors (Lipinski definition) is 4. The van der Waals surface area contributed by atoms with Gasteiger partial charge in [0.05, 0.1) is 0 Å². The van der Waals surface area contributed by atoms with E-state index in [1.807, 2.05) is 44.4 Å². The van der Waals surface area contributed by atoms with Gasteiger partial charge < -0.3 is 20.3 Å². The van der Waals surface area contributed by atoms with Crippen LogP contribution in [0, 0.1) is 0 Å². The normalized spacial score (nSPS) is 18.8. The predicted octanol–water partition coefficient (Wildman–Crippen LogP) is 3.62. The summed E-state index contributed by atoms with van der Waals surface area (Å²) in [6, 6.07) is 18.6. The average molecular weight is 339 g/mol. The van der Waals surface area contributed by atoms with Crippen molar-refractivity contribution in [3.63, 3.8) is 0 Å². The van der Waals surface area contributed by atoms with Gasteiger partial charge in [-0.2, -0.15) is 0 Å². The predicted molar refractivity (Wildman–Crippen MR) is 101 cm³/mol. The fourth-order valence-corrected chi connectivity index (χ4v) is 2.88. The number of alkyl carbamates (subject to hydrolysis) is 1. The lowest BCUT2D eigenvalue weighted by Gasteiger charge is -2.36. The molecule has 2 N–H and O–H groups in total. The summed E-state index contributed by atoms with van der Waals surface area (Å²) in [6.07, 6.45) is 1.48. The van der Waals surface area contributed by atoms with E-state index in [0.29, 0.717) is 12.6 Å². The first-order valence-corrected chi connectivity index (χ1v) is 8.61. The van der Waals surface area contributed by atoms with Gasteiger partial charge >= 0.3 is 6.09 Å². The van der Waals surface area contributed by atoms with Crippen LogP contribution in [0.4, 0.5) is 16.2 Å². The Balaban J connectivity index is 1.35. The van der Waals surface area contributed by atoms with Crippen LogP contribution in [-0.2, 0) is 11.3 Å². The lowest BCUT2D eigenvalue weighted by molar-refractivity contribution is 0.129. The minimum atomic E-state index is -0.345. The van der Waals surface area contributed by atoms with Crippen LogP contribution in [0.5, 0.6) is 0 Å². The van der Waals surface area contributed by atoms with Gasteiger partial charge in [0, 0.05) is 37.6 Å². The fourth-order valence-electron chi connectivity index (χ4n) is 2.88. The molecule has 5 nitrogen and oxygen atoms in total. The summed E-state index contributed by atoms with van der Waals surface area (Å²) in [5.41, 5.74) is 3.28. The maximum Gasteiger partial charge on any atom is 0.407 e. The number of ether oxygens (including phenoxy) is 1. The first-order chi connectivity index (χ1) is 12.1. The molecule has 1 saturated carbocycles. The number of nitrogens with one attached hydrogen (secondary N) is 2. The van der Waals surface area contributed by atoms with Crippen LogP contribution in [0.15, 0.2) is 54.6 Å². The third kappa shape index (κ3) is 4.89. The average Bonchev–Trinajstić information content (AvgIpc) is 2.59. The third-order valence-electron chi connectivity index (χ3n) is 4.43. The fraction of sp³-hybridized carbons (Fsp3) is 0.350. The summed E-state index contributed by atoms with van der Waals surface area (Å²) >= 11 is 0. The molecule has 1 aliphatic carbocycles. The highest BCUT2D eigenvalue weighted by Crippen LogP contribution is 2.25. The first-order valence-electron chi connectivity index (χ1n) is 8.61. The Morgan fingerprint density at radius 3 is 2.36 bits per heavy atom. The lowest BCUT2D eigenvalue weighted by Crippen LogP contribution is -2.49. The molecule has 0 aromatic heterocycles. The number of amides is 1. The van der Waals surface area contributed by atoms with Crippen molar-refractivity contribution < 1.29 is 9.53 Å². The van der Waals surface area contributed by atoms with E-state index >= 15 is 0 Å². The molecule has 0 atom stereocenters. The molecular formula is C20H25N3O2. The van der Waals surface area contributed by atoms with Gasteiger partial charge in [-0.1, -0.05) is 30.3 Å². The largest absolute Gasteiger partial charge is 0.445 e. The van der Waals surface area contributed by atoms with E-state index < -0.39 is 0 Å². The molecule has 2 aromatic carbocycles. The van der Waals surface area contributed by atoms with E-state index in [-0.39, 0.29) is 12.1 Å². The number of anilines is 2. The van der Waals surface area contributed by atoms with E-state index in [1.165, 1.54) is 5.69 Å². The third-order valence-corrected chi connectivity index (χ3v) is 4.43. The van der Waals surface area contributed by atoms with Crippen LogP contribution in [-0.4, -0.2) is 32.3 Å². The van der Waals surface area contributed by atoms with Crippen LogP contribution in [0.25, 0.3) is 0 Å². The van der Waals surface area contributed by atoms with Crippen molar-refractivity contribution in [2.75, 3.05) is 24.3 Å². The Morgan fingerprint density at radius 1 is 1.04 bits per heavy atom.